The van der Waals surface area contributed by atoms with Crippen LogP contribution in [0.25, 0.3) is 11.6 Å². The third-order valence-electron chi connectivity index (χ3n) is 5.40. The normalized spacial score (nSPS) is 27.0. The van der Waals surface area contributed by atoms with E-state index in [4.69, 9.17) is 8.94 Å². The first-order valence-corrected chi connectivity index (χ1v) is 8.41. The van der Waals surface area contributed by atoms with Crippen LogP contribution in [-0.4, -0.2) is 52.5 Å². The number of furan rings is 1. The first-order chi connectivity index (χ1) is 11.6. The highest BCUT2D eigenvalue weighted by molar-refractivity contribution is 5.77. The van der Waals surface area contributed by atoms with Gasteiger partial charge in [0.05, 0.1) is 12.8 Å². The van der Waals surface area contributed by atoms with Gasteiger partial charge < -0.3 is 13.8 Å². The van der Waals surface area contributed by atoms with Crippen molar-refractivity contribution in [1.29, 1.82) is 0 Å². The molecule has 0 spiro atoms. The fourth-order valence-corrected chi connectivity index (χ4v) is 4.01. The maximum atomic E-state index is 11.9. The highest BCUT2D eigenvalue weighted by atomic mass is 16.5. The van der Waals surface area contributed by atoms with Crippen LogP contribution < -0.4 is 0 Å². The molecular weight excluding hydrogens is 308 g/mol. The summed E-state index contributed by atoms with van der Waals surface area (Å²) >= 11 is 0. The zero-order valence-corrected chi connectivity index (χ0v) is 14.0. The maximum absolute atomic E-state index is 11.9. The molecule has 0 bridgehead atoms. The van der Waals surface area contributed by atoms with Gasteiger partial charge in [0.1, 0.15) is 0 Å². The number of hydrogen-bond acceptors (Lipinski definition) is 6. The summed E-state index contributed by atoms with van der Waals surface area (Å²) in [7, 11) is 3.99. The number of rotatable bonds is 4. The van der Waals surface area contributed by atoms with Crippen molar-refractivity contribution in [3.63, 3.8) is 0 Å². The molecule has 1 amide bonds. The minimum Gasteiger partial charge on any atom is -0.461 e. The van der Waals surface area contributed by atoms with E-state index in [1.54, 1.807) is 12.3 Å². The molecule has 0 aromatic carbocycles. The zero-order valence-electron chi connectivity index (χ0n) is 14.0. The van der Waals surface area contributed by atoms with Crippen molar-refractivity contribution in [1.82, 2.24) is 19.9 Å². The first kappa shape index (κ1) is 15.4. The summed E-state index contributed by atoms with van der Waals surface area (Å²) in [5.74, 6) is 3.09. The number of amides is 1. The first-order valence-electron chi connectivity index (χ1n) is 8.41. The molecule has 7 heteroatoms. The topological polar surface area (TPSA) is 75.6 Å². The number of carbonyl (C=O) groups excluding carboxylic acids is 1. The molecule has 0 N–H and O–H groups in total. The van der Waals surface area contributed by atoms with Crippen molar-refractivity contribution >= 4 is 5.91 Å². The van der Waals surface area contributed by atoms with Crippen LogP contribution in [0.1, 0.15) is 25.2 Å². The average Bonchev–Trinajstić information content (AvgIpc) is 3.26. The molecule has 128 valence electrons. The summed E-state index contributed by atoms with van der Waals surface area (Å²) in [5, 5.41) is 3.97. The summed E-state index contributed by atoms with van der Waals surface area (Å²) in [5.41, 5.74) is 0. The Morgan fingerprint density at radius 1 is 1.38 bits per heavy atom. The van der Waals surface area contributed by atoms with Gasteiger partial charge in [-0.05, 0) is 43.9 Å². The van der Waals surface area contributed by atoms with Crippen molar-refractivity contribution in [2.45, 2.75) is 31.8 Å². The van der Waals surface area contributed by atoms with E-state index in [9.17, 15) is 4.79 Å². The molecular formula is C17H22N4O3. The van der Waals surface area contributed by atoms with Gasteiger partial charge in [0.25, 0.3) is 0 Å². The van der Waals surface area contributed by atoms with E-state index in [-0.39, 0.29) is 5.91 Å². The lowest BCUT2D eigenvalue weighted by Gasteiger charge is -2.31. The molecule has 3 heterocycles. The van der Waals surface area contributed by atoms with Crippen LogP contribution in [0.3, 0.4) is 0 Å². The molecule has 2 aliphatic rings. The van der Waals surface area contributed by atoms with Gasteiger partial charge in [-0.15, -0.1) is 0 Å². The second-order valence-electron chi connectivity index (χ2n) is 7.03. The maximum Gasteiger partial charge on any atom is 0.241 e. The second kappa shape index (κ2) is 6.05. The molecule has 1 saturated heterocycles. The van der Waals surface area contributed by atoms with Crippen molar-refractivity contribution in [3.8, 4) is 11.6 Å². The van der Waals surface area contributed by atoms with Crippen molar-refractivity contribution in [3.05, 3.63) is 24.3 Å². The monoisotopic (exact) mass is 330 g/mol. The Morgan fingerprint density at radius 2 is 2.21 bits per heavy atom. The fourth-order valence-electron chi connectivity index (χ4n) is 4.01. The standard InChI is InChI=1S/C17H22N4O3/c1-20(10-15-18-17(19-24-15)14-4-3-5-23-14)13-6-11-8-16(22)21(2)9-12(11)7-13/h3-5,11-13H,6-10H2,1-2H3/t11-,12+,13-/m1/s1. The van der Waals surface area contributed by atoms with Crippen LogP contribution in [-0.2, 0) is 11.3 Å². The predicted octanol–water partition coefficient (Wildman–Crippen LogP) is 2.02. The zero-order chi connectivity index (χ0) is 16.7. The molecule has 1 aliphatic heterocycles. The van der Waals surface area contributed by atoms with Gasteiger partial charge in [-0.2, -0.15) is 4.98 Å². The summed E-state index contributed by atoms with van der Waals surface area (Å²) in [6.45, 7) is 1.50. The molecule has 3 atom stereocenters. The second-order valence-corrected chi connectivity index (χ2v) is 7.03. The Bertz CT molecular complexity index is 711. The van der Waals surface area contributed by atoms with Crippen LogP contribution >= 0.6 is 0 Å². The molecule has 0 radical (unpaired) electrons. The largest absolute Gasteiger partial charge is 0.461 e. The number of nitrogens with zero attached hydrogens (tertiary/aromatic N) is 4. The van der Waals surface area contributed by atoms with E-state index >= 15 is 0 Å². The Hall–Kier alpha value is -2.15. The molecule has 1 saturated carbocycles. The quantitative estimate of drug-likeness (QED) is 0.854. The molecule has 1 aliphatic carbocycles. The predicted molar refractivity (Wildman–Crippen MR) is 85.7 cm³/mol. The Balaban J connectivity index is 1.39. The van der Waals surface area contributed by atoms with Crippen molar-refractivity contribution < 1.29 is 13.7 Å². The Morgan fingerprint density at radius 3 is 3.00 bits per heavy atom. The van der Waals surface area contributed by atoms with Gasteiger partial charge in [-0.25, -0.2) is 0 Å². The fraction of sp³-hybridized carbons (Fsp3) is 0.588. The Labute approximate surface area is 140 Å². The minimum absolute atomic E-state index is 0.277. The number of piperidine rings is 1. The van der Waals surface area contributed by atoms with E-state index in [0.717, 1.165) is 19.4 Å². The van der Waals surface area contributed by atoms with E-state index in [0.29, 0.717) is 48.3 Å². The number of carbonyl (C=O) groups is 1. The van der Waals surface area contributed by atoms with E-state index in [1.165, 1.54) is 0 Å². The number of likely N-dealkylation sites (tertiary alicyclic amines) is 1. The third-order valence-corrected chi connectivity index (χ3v) is 5.40. The van der Waals surface area contributed by atoms with Crippen molar-refractivity contribution in [2.24, 2.45) is 11.8 Å². The molecule has 2 aromatic rings. The van der Waals surface area contributed by atoms with Crippen LogP contribution in [0.15, 0.2) is 27.3 Å². The Kier molecular flexibility index (Phi) is 3.88. The highest BCUT2D eigenvalue weighted by Crippen LogP contribution is 2.40. The van der Waals surface area contributed by atoms with Gasteiger partial charge in [0.2, 0.25) is 17.6 Å². The van der Waals surface area contributed by atoms with E-state index in [1.807, 2.05) is 18.0 Å². The number of hydrogen-bond donors (Lipinski definition) is 0. The molecule has 7 nitrogen and oxygen atoms in total. The highest BCUT2D eigenvalue weighted by Gasteiger charge is 2.41. The summed E-state index contributed by atoms with van der Waals surface area (Å²) in [4.78, 5) is 20.4. The lowest BCUT2D eigenvalue weighted by molar-refractivity contribution is -0.134. The van der Waals surface area contributed by atoms with Gasteiger partial charge >= 0.3 is 0 Å². The smallest absolute Gasteiger partial charge is 0.241 e. The van der Waals surface area contributed by atoms with Crippen LogP contribution in [0.4, 0.5) is 0 Å². The van der Waals surface area contributed by atoms with Crippen LogP contribution in [0, 0.1) is 11.8 Å². The van der Waals surface area contributed by atoms with Gasteiger partial charge in [-0.3, -0.25) is 9.69 Å². The molecule has 0 unspecified atom stereocenters. The van der Waals surface area contributed by atoms with Gasteiger partial charge in [0, 0.05) is 26.1 Å². The minimum atomic E-state index is 0.277. The molecule has 2 fully saturated rings. The summed E-state index contributed by atoms with van der Waals surface area (Å²) < 4.78 is 10.6. The third kappa shape index (κ3) is 2.84. The lowest BCUT2D eigenvalue weighted by atomic mass is 9.88. The summed E-state index contributed by atoms with van der Waals surface area (Å²) in [6, 6.07) is 4.07. The van der Waals surface area contributed by atoms with Crippen molar-refractivity contribution in [2.75, 3.05) is 20.6 Å². The van der Waals surface area contributed by atoms with Crippen LogP contribution in [0.2, 0.25) is 0 Å². The molecule has 24 heavy (non-hydrogen) atoms. The van der Waals surface area contributed by atoms with Gasteiger partial charge in [0.15, 0.2) is 5.76 Å². The van der Waals surface area contributed by atoms with E-state index in [2.05, 4.69) is 22.1 Å². The number of aromatic nitrogens is 2. The van der Waals surface area contributed by atoms with Gasteiger partial charge in [-0.1, -0.05) is 5.16 Å². The van der Waals surface area contributed by atoms with E-state index < -0.39 is 0 Å². The SMILES string of the molecule is CN1C[C@@H]2C[C@H](N(C)Cc3nc(-c4ccco4)no3)C[C@@H]2CC1=O. The molecule has 4 rings (SSSR count). The number of fused-ring (bicyclic) bond motifs is 1. The lowest BCUT2D eigenvalue weighted by Crippen LogP contribution is -2.39. The van der Waals surface area contributed by atoms with Crippen LogP contribution in [0.5, 0.6) is 0 Å². The average molecular weight is 330 g/mol. The molecule has 2 aromatic heterocycles. The summed E-state index contributed by atoms with van der Waals surface area (Å²) in [6.07, 6.45) is 4.47.